The lowest BCUT2D eigenvalue weighted by Gasteiger charge is -2.05. The van der Waals surface area contributed by atoms with E-state index in [2.05, 4.69) is 42.4 Å². The molecule has 1 nitrogen and oxygen atoms in total. The van der Waals surface area contributed by atoms with Crippen molar-refractivity contribution in [1.29, 1.82) is 0 Å². The van der Waals surface area contributed by atoms with Crippen LogP contribution in [0.4, 0.5) is 0 Å². The van der Waals surface area contributed by atoms with Gasteiger partial charge < -0.3 is 48.0 Å². The van der Waals surface area contributed by atoms with Crippen molar-refractivity contribution in [1.82, 2.24) is 0 Å². The molecule has 0 N–H and O–H groups in total. The molecular formula is C11H17I2NS. The summed E-state index contributed by atoms with van der Waals surface area (Å²) < 4.78 is 2.16. The van der Waals surface area contributed by atoms with E-state index in [0.29, 0.717) is 10.9 Å². The monoisotopic (exact) mass is 449 g/mol. The van der Waals surface area contributed by atoms with Gasteiger partial charge in [-0.05, 0) is 23.4 Å². The molecule has 0 aromatic carbocycles. The predicted molar refractivity (Wildman–Crippen MR) is 57.7 cm³/mol. The van der Waals surface area contributed by atoms with E-state index in [-0.39, 0.29) is 48.0 Å². The van der Waals surface area contributed by atoms with Crippen LogP contribution in [0.3, 0.4) is 0 Å². The highest BCUT2D eigenvalue weighted by Crippen LogP contribution is 2.33. The first-order valence-electron chi connectivity index (χ1n) is 4.84. The highest BCUT2D eigenvalue weighted by atomic mass is 127. The number of nitrogens with zero attached hydrogens (tertiary/aromatic N) is 1. The van der Waals surface area contributed by atoms with Gasteiger partial charge in [0, 0.05) is 12.5 Å². The zero-order valence-electron chi connectivity index (χ0n) is 9.12. The van der Waals surface area contributed by atoms with Crippen molar-refractivity contribution in [2.24, 2.45) is 7.05 Å². The Morgan fingerprint density at radius 2 is 2.13 bits per heavy atom. The van der Waals surface area contributed by atoms with Gasteiger partial charge in [-0.15, -0.1) is 0 Å². The lowest BCUT2D eigenvalue weighted by molar-refractivity contribution is -0.671. The third kappa shape index (κ3) is 4.03. The van der Waals surface area contributed by atoms with Gasteiger partial charge in [-0.25, -0.2) is 4.57 Å². The molecule has 0 saturated carbocycles. The summed E-state index contributed by atoms with van der Waals surface area (Å²) >= 11 is 0. The van der Waals surface area contributed by atoms with Gasteiger partial charge in [0.25, 0.3) is 0 Å². The average molecular weight is 449 g/mol. The van der Waals surface area contributed by atoms with Gasteiger partial charge in [-0.3, -0.25) is 0 Å². The normalized spacial score (nSPS) is 24.1. The molecule has 0 radical (unpaired) electrons. The van der Waals surface area contributed by atoms with E-state index in [1.54, 1.807) is 0 Å². The molecule has 0 aliphatic carbocycles. The number of hydrogen-bond donors (Lipinski definition) is 0. The Kier molecular flexibility index (Phi) is 7.79. The fourth-order valence-corrected chi connectivity index (χ4v) is 4.12. The maximum atomic E-state index is 2.41. The molecule has 1 fully saturated rings. The van der Waals surface area contributed by atoms with Gasteiger partial charge in [0.2, 0.25) is 0 Å². The highest BCUT2D eigenvalue weighted by molar-refractivity contribution is 7.96. The number of rotatable bonds is 1. The van der Waals surface area contributed by atoms with Gasteiger partial charge in [-0.1, -0.05) is 0 Å². The van der Waals surface area contributed by atoms with Gasteiger partial charge >= 0.3 is 0 Å². The number of pyridine rings is 1. The van der Waals surface area contributed by atoms with Crippen LogP contribution < -0.4 is 52.5 Å². The summed E-state index contributed by atoms with van der Waals surface area (Å²) in [6.45, 7) is 0. The van der Waals surface area contributed by atoms with E-state index in [0.717, 1.165) is 5.25 Å². The topological polar surface area (TPSA) is 3.88 Å². The molecule has 1 aliphatic heterocycles. The standard InChI is InChI=1S/C11H17NS.2HI/c1-12-7-3-5-10(9-12)11-6-4-8-13(11)2;;/h3,5,7,9,11H,4,6,8H2,1-2H3;2*1H/q+2;;/p-2. The fraction of sp³-hybridized carbons (Fsp3) is 0.545. The summed E-state index contributed by atoms with van der Waals surface area (Å²) in [5.74, 6) is 1.43. The summed E-state index contributed by atoms with van der Waals surface area (Å²) in [5, 5.41) is 0.840. The summed E-state index contributed by atoms with van der Waals surface area (Å²) in [5.41, 5.74) is 1.54. The van der Waals surface area contributed by atoms with Crippen LogP contribution in [-0.2, 0) is 17.9 Å². The van der Waals surface area contributed by atoms with Gasteiger partial charge in [0.1, 0.15) is 18.1 Å². The Labute approximate surface area is 129 Å². The van der Waals surface area contributed by atoms with Crippen molar-refractivity contribution >= 4 is 10.9 Å². The summed E-state index contributed by atoms with van der Waals surface area (Å²) in [6.07, 6.45) is 9.60. The van der Waals surface area contributed by atoms with E-state index in [1.807, 2.05) is 0 Å². The molecule has 2 unspecified atom stereocenters. The van der Waals surface area contributed by atoms with Crippen molar-refractivity contribution in [3.8, 4) is 0 Å². The third-order valence-corrected chi connectivity index (χ3v) is 5.16. The molecule has 2 rings (SSSR count). The van der Waals surface area contributed by atoms with Crippen LogP contribution in [0.15, 0.2) is 24.5 Å². The van der Waals surface area contributed by atoms with Crippen LogP contribution in [0.5, 0.6) is 0 Å². The molecule has 0 amide bonds. The van der Waals surface area contributed by atoms with Crippen LogP contribution in [0.25, 0.3) is 0 Å². The minimum Gasteiger partial charge on any atom is -1.00 e. The zero-order chi connectivity index (χ0) is 9.26. The second kappa shape index (κ2) is 7.32. The Morgan fingerprint density at radius 3 is 2.67 bits per heavy atom. The molecule has 0 bridgehead atoms. The summed E-state index contributed by atoms with van der Waals surface area (Å²) in [6, 6.07) is 4.43. The van der Waals surface area contributed by atoms with Crippen LogP contribution in [0, 0.1) is 0 Å². The second-order valence-corrected chi connectivity index (χ2v) is 6.19. The number of aryl methyl sites for hydroxylation is 1. The fourth-order valence-electron chi connectivity index (χ4n) is 2.04. The first kappa shape index (κ1) is 16.0. The molecule has 1 aromatic rings. The molecule has 1 aliphatic rings. The quantitative estimate of drug-likeness (QED) is 0.232. The van der Waals surface area contributed by atoms with Crippen LogP contribution >= 0.6 is 0 Å². The minimum atomic E-state index is 0. The smallest absolute Gasteiger partial charge is 0.176 e. The molecule has 0 spiro atoms. The van der Waals surface area contributed by atoms with Gasteiger partial charge in [-0.2, -0.15) is 0 Å². The van der Waals surface area contributed by atoms with Crippen molar-refractivity contribution in [3.05, 3.63) is 30.1 Å². The van der Waals surface area contributed by atoms with Crippen LogP contribution in [0.2, 0.25) is 0 Å². The highest BCUT2D eigenvalue weighted by Gasteiger charge is 2.34. The van der Waals surface area contributed by atoms with Crippen LogP contribution in [0.1, 0.15) is 23.7 Å². The summed E-state index contributed by atoms with van der Waals surface area (Å²) in [7, 11) is 2.72. The van der Waals surface area contributed by atoms with E-state index in [4.69, 9.17) is 0 Å². The molecule has 1 aromatic heterocycles. The molecule has 15 heavy (non-hydrogen) atoms. The largest absolute Gasteiger partial charge is 1.00 e. The number of hydrogen-bond acceptors (Lipinski definition) is 0. The SMILES string of the molecule is C[n+]1cccc(C2CCC[S+]2C)c1.[I-].[I-]. The number of halogens is 2. The van der Waals surface area contributed by atoms with E-state index >= 15 is 0 Å². The van der Waals surface area contributed by atoms with E-state index in [1.165, 1.54) is 24.2 Å². The Morgan fingerprint density at radius 1 is 1.40 bits per heavy atom. The average Bonchev–Trinajstić information content (AvgIpc) is 2.51. The molecular weight excluding hydrogens is 432 g/mol. The molecule has 2 atom stereocenters. The minimum absolute atomic E-state index is 0. The van der Waals surface area contributed by atoms with Crippen molar-refractivity contribution in [3.63, 3.8) is 0 Å². The van der Waals surface area contributed by atoms with Crippen molar-refractivity contribution < 1.29 is 52.5 Å². The Balaban J connectivity index is 0.000000980. The second-order valence-electron chi connectivity index (χ2n) is 3.83. The third-order valence-electron chi connectivity index (χ3n) is 2.75. The first-order valence-corrected chi connectivity index (χ1v) is 6.70. The van der Waals surface area contributed by atoms with Crippen molar-refractivity contribution in [2.75, 3.05) is 12.0 Å². The number of aromatic nitrogens is 1. The van der Waals surface area contributed by atoms with Crippen LogP contribution in [-0.4, -0.2) is 12.0 Å². The van der Waals surface area contributed by atoms with E-state index < -0.39 is 0 Å². The maximum Gasteiger partial charge on any atom is 0.176 e. The molecule has 4 heteroatoms. The molecule has 2 heterocycles. The Hall–Kier alpha value is 0.960. The lowest BCUT2D eigenvalue weighted by atomic mass is 10.1. The van der Waals surface area contributed by atoms with E-state index in [9.17, 15) is 0 Å². The van der Waals surface area contributed by atoms with Gasteiger partial charge in [0.05, 0.1) is 11.8 Å². The Bertz CT molecular complexity index is 306. The first-order chi connectivity index (χ1) is 6.27. The zero-order valence-corrected chi connectivity index (χ0v) is 14.3. The van der Waals surface area contributed by atoms with Crippen molar-refractivity contribution in [2.45, 2.75) is 18.1 Å². The molecule has 86 valence electrons. The summed E-state index contributed by atoms with van der Waals surface area (Å²) in [4.78, 5) is 0. The maximum absolute atomic E-state index is 2.41. The van der Waals surface area contributed by atoms with Gasteiger partial charge in [0.15, 0.2) is 12.4 Å². The lowest BCUT2D eigenvalue weighted by Crippen LogP contribution is -3.00. The predicted octanol–water partition coefficient (Wildman–Crippen LogP) is -4.40. The molecule has 1 saturated heterocycles.